The topological polar surface area (TPSA) is 88.6 Å². The summed E-state index contributed by atoms with van der Waals surface area (Å²) in [7, 11) is 0. The van der Waals surface area contributed by atoms with Crippen molar-refractivity contribution in [2.45, 2.75) is 6.92 Å². The number of hydrogen-bond donors (Lipinski definition) is 2. The highest BCUT2D eigenvalue weighted by atomic mass is 35.5. The summed E-state index contributed by atoms with van der Waals surface area (Å²) in [4.78, 5) is 18.3. The van der Waals surface area contributed by atoms with E-state index in [9.17, 15) is 4.79 Å². The van der Waals surface area contributed by atoms with Crippen LogP contribution in [-0.4, -0.2) is 28.4 Å². The third-order valence-corrected chi connectivity index (χ3v) is 1.60. The Morgan fingerprint density at radius 2 is 2.27 bits per heavy atom. The number of rotatable bonds is 3. The molecule has 0 saturated carbocycles. The number of pyridine rings is 1. The Hall–Kier alpha value is -1.62. The molecule has 6 heteroatoms. The summed E-state index contributed by atoms with van der Waals surface area (Å²) in [6, 6.07) is 2.99. The van der Waals surface area contributed by atoms with Crippen molar-refractivity contribution < 1.29 is 9.90 Å². The molecule has 0 bridgehead atoms. The highest BCUT2D eigenvalue weighted by molar-refractivity contribution is 5.96. The first kappa shape index (κ1) is 13.4. The fraction of sp³-hybridized carbons (Fsp3) is 0.222. The van der Waals surface area contributed by atoms with E-state index in [4.69, 9.17) is 10.8 Å². The summed E-state index contributed by atoms with van der Waals surface area (Å²) < 4.78 is 0. The summed E-state index contributed by atoms with van der Waals surface area (Å²) in [5.41, 5.74) is 6.21. The van der Waals surface area contributed by atoms with Crippen molar-refractivity contribution in [1.29, 1.82) is 0 Å². The Morgan fingerprint density at radius 3 is 2.67 bits per heavy atom. The Labute approximate surface area is 93.5 Å². The highest BCUT2D eigenvalue weighted by Gasteiger charge is 2.04. The molecule has 0 fully saturated rings. The predicted molar refractivity (Wildman–Crippen MR) is 59.7 cm³/mol. The lowest BCUT2D eigenvalue weighted by Crippen LogP contribution is -2.15. The monoisotopic (exact) mass is 229 g/mol. The number of carbonyl (C=O) groups is 1. The lowest BCUT2D eigenvalue weighted by molar-refractivity contribution is 0.0696. The second-order valence-electron chi connectivity index (χ2n) is 2.60. The van der Waals surface area contributed by atoms with Crippen LogP contribution in [0.2, 0.25) is 0 Å². The van der Waals surface area contributed by atoms with Crippen LogP contribution in [0.25, 0.3) is 0 Å². The van der Waals surface area contributed by atoms with E-state index in [1.165, 1.54) is 18.3 Å². The number of hydrogen-bond acceptors (Lipinski definition) is 3. The minimum atomic E-state index is -1.00. The smallest absolute Gasteiger partial charge is 0.337 e. The van der Waals surface area contributed by atoms with Gasteiger partial charge in [-0.1, -0.05) is 0 Å². The molecule has 1 rings (SSSR count). The van der Waals surface area contributed by atoms with Crippen molar-refractivity contribution >= 4 is 24.2 Å². The van der Waals surface area contributed by atoms with Crippen LogP contribution in [0, 0.1) is 0 Å². The molecule has 1 heterocycles. The average Bonchev–Trinajstić information content (AvgIpc) is 2.18. The van der Waals surface area contributed by atoms with E-state index < -0.39 is 5.97 Å². The highest BCUT2D eigenvalue weighted by Crippen LogP contribution is 1.99. The van der Waals surface area contributed by atoms with Gasteiger partial charge in [0, 0.05) is 12.7 Å². The van der Waals surface area contributed by atoms with Crippen LogP contribution in [0.3, 0.4) is 0 Å². The molecule has 5 nitrogen and oxygen atoms in total. The molecule has 0 aromatic carbocycles. The molecule has 3 N–H and O–H groups in total. The van der Waals surface area contributed by atoms with Gasteiger partial charge in [0.2, 0.25) is 0 Å². The largest absolute Gasteiger partial charge is 0.478 e. The second kappa shape index (κ2) is 5.98. The minimum Gasteiger partial charge on any atom is -0.478 e. The molecule has 82 valence electrons. The van der Waals surface area contributed by atoms with Crippen LogP contribution in [0.15, 0.2) is 23.3 Å². The zero-order valence-electron chi connectivity index (χ0n) is 8.17. The van der Waals surface area contributed by atoms with Gasteiger partial charge in [-0.25, -0.2) is 4.79 Å². The Kier molecular flexibility index (Phi) is 5.33. The molecule has 0 aliphatic heterocycles. The van der Waals surface area contributed by atoms with Crippen molar-refractivity contribution in [1.82, 2.24) is 4.98 Å². The molecule has 0 saturated heterocycles. The number of halogens is 1. The molecule has 0 unspecified atom stereocenters. The molecule has 0 amide bonds. The number of carboxylic acid groups (broad SMARTS) is 1. The quantitative estimate of drug-likeness (QED) is 0.596. The molecule has 0 aliphatic rings. The number of aliphatic imine (C=N–C) groups is 1. The summed E-state index contributed by atoms with van der Waals surface area (Å²) in [5, 5.41) is 8.62. The summed E-state index contributed by atoms with van der Waals surface area (Å²) in [6.07, 6.45) is 1.26. The molecular weight excluding hydrogens is 218 g/mol. The second-order valence-corrected chi connectivity index (χ2v) is 2.60. The number of aromatic carboxylic acids is 1. The third kappa shape index (κ3) is 3.55. The van der Waals surface area contributed by atoms with Crippen LogP contribution in [0.4, 0.5) is 0 Å². The standard InChI is InChI=1S/C9H11N3O2.ClH/c1-2-11-8(10)7-4-3-6(5-12-7)9(13)14;/h3-5H,2H2,1H3,(H2,10,11)(H,13,14);1H. The molecule has 1 aromatic rings. The number of amidine groups is 1. The Balaban J connectivity index is 0.00000196. The average molecular weight is 230 g/mol. The van der Waals surface area contributed by atoms with Crippen molar-refractivity contribution in [3.05, 3.63) is 29.6 Å². The maximum Gasteiger partial charge on any atom is 0.337 e. The lowest BCUT2D eigenvalue weighted by atomic mass is 10.2. The maximum absolute atomic E-state index is 10.5. The predicted octanol–water partition coefficient (Wildman–Crippen LogP) is 0.927. The lowest BCUT2D eigenvalue weighted by Gasteiger charge is -1.99. The fourth-order valence-corrected chi connectivity index (χ4v) is 0.923. The van der Waals surface area contributed by atoms with Crippen molar-refractivity contribution in [3.63, 3.8) is 0 Å². The van der Waals surface area contributed by atoms with Crippen LogP contribution in [0.5, 0.6) is 0 Å². The van der Waals surface area contributed by atoms with E-state index in [0.717, 1.165) is 0 Å². The number of nitrogens with two attached hydrogens (primary N) is 1. The maximum atomic E-state index is 10.5. The Bertz CT molecular complexity index is 362. The van der Waals surface area contributed by atoms with Gasteiger partial charge in [-0.05, 0) is 19.1 Å². The van der Waals surface area contributed by atoms with E-state index in [-0.39, 0.29) is 18.0 Å². The SMILES string of the molecule is CCN=C(N)c1ccc(C(=O)O)cn1.Cl. The van der Waals surface area contributed by atoms with E-state index >= 15 is 0 Å². The van der Waals surface area contributed by atoms with Gasteiger partial charge in [0.05, 0.1) is 5.56 Å². The molecule has 0 atom stereocenters. The number of nitrogens with zero attached hydrogens (tertiary/aromatic N) is 2. The first-order valence-corrected chi connectivity index (χ1v) is 4.14. The van der Waals surface area contributed by atoms with Gasteiger partial charge < -0.3 is 10.8 Å². The summed E-state index contributed by atoms with van der Waals surface area (Å²) >= 11 is 0. The molecule has 0 spiro atoms. The number of aromatic nitrogens is 1. The van der Waals surface area contributed by atoms with Gasteiger partial charge >= 0.3 is 5.97 Å². The van der Waals surface area contributed by atoms with E-state index in [1.807, 2.05) is 6.92 Å². The molecule has 0 aliphatic carbocycles. The Morgan fingerprint density at radius 1 is 1.60 bits per heavy atom. The first-order chi connectivity index (χ1) is 6.65. The van der Waals surface area contributed by atoms with Crippen LogP contribution in [-0.2, 0) is 0 Å². The molecule has 0 radical (unpaired) electrons. The minimum absolute atomic E-state index is 0. The summed E-state index contributed by atoms with van der Waals surface area (Å²) in [5.74, 6) is -0.681. The van der Waals surface area contributed by atoms with E-state index in [1.54, 1.807) is 0 Å². The fourth-order valence-electron chi connectivity index (χ4n) is 0.923. The van der Waals surface area contributed by atoms with Gasteiger partial charge in [-0.3, -0.25) is 9.98 Å². The molecule has 15 heavy (non-hydrogen) atoms. The first-order valence-electron chi connectivity index (χ1n) is 4.14. The van der Waals surface area contributed by atoms with Gasteiger partial charge in [0.15, 0.2) is 0 Å². The zero-order chi connectivity index (χ0) is 10.6. The summed E-state index contributed by atoms with van der Waals surface area (Å²) in [6.45, 7) is 2.44. The third-order valence-electron chi connectivity index (χ3n) is 1.60. The van der Waals surface area contributed by atoms with Crippen LogP contribution in [0.1, 0.15) is 23.0 Å². The van der Waals surface area contributed by atoms with Crippen LogP contribution >= 0.6 is 12.4 Å². The van der Waals surface area contributed by atoms with Crippen molar-refractivity contribution in [3.8, 4) is 0 Å². The van der Waals surface area contributed by atoms with Gasteiger partial charge in [-0.15, -0.1) is 12.4 Å². The van der Waals surface area contributed by atoms with Crippen molar-refractivity contribution in [2.24, 2.45) is 10.7 Å². The van der Waals surface area contributed by atoms with Crippen LogP contribution < -0.4 is 5.73 Å². The normalized spacial score (nSPS) is 10.6. The van der Waals surface area contributed by atoms with E-state index in [2.05, 4.69) is 9.98 Å². The molecular formula is C9H12ClN3O2. The molecule has 1 aromatic heterocycles. The van der Waals surface area contributed by atoms with Crippen molar-refractivity contribution in [2.75, 3.05) is 6.54 Å². The van der Waals surface area contributed by atoms with Gasteiger partial charge in [-0.2, -0.15) is 0 Å². The number of carboxylic acids is 1. The zero-order valence-corrected chi connectivity index (χ0v) is 8.99. The van der Waals surface area contributed by atoms with Gasteiger partial charge in [0.25, 0.3) is 0 Å². The van der Waals surface area contributed by atoms with E-state index in [0.29, 0.717) is 18.1 Å². The van der Waals surface area contributed by atoms with Gasteiger partial charge in [0.1, 0.15) is 11.5 Å².